The average molecular weight is 268 g/mol. The Kier molecular flexibility index (Phi) is 3.13. The van der Waals surface area contributed by atoms with Crippen molar-refractivity contribution in [2.75, 3.05) is 26.3 Å². The Morgan fingerprint density at radius 3 is 3.11 bits per heavy atom. The van der Waals surface area contributed by atoms with Crippen LogP contribution in [0.2, 0.25) is 0 Å². The Hall–Kier alpha value is -1.27. The van der Waals surface area contributed by atoms with E-state index in [0.717, 1.165) is 37.6 Å². The van der Waals surface area contributed by atoms with E-state index in [9.17, 15) is 4.79 Å². The first-order chi connectivity index (χ1) is 8.74. The smallest absolute Gasteiger partial charge is 0.221 e. The molecule has 1 atom stereocenters. The largest absolute Gasteiger partial charge is 0.485 e. The number of hydrogen-bond donors (Lipinski definition) is 1. The van der Waals surface area contributed by atoms with Gasteiger partial charge in [0.15, 0.2) is 11.5 Å². The predicted octanol–water partition coefficient (Wildman–Crippen LogP) is 0.826. The van der Waals surface area contributed by atoms with E-state index < -0.39 is 0 Å². The van der Waals surface area contributed by atoms with Crippen LogP contribution in [0.3, 0.4) is 0 Å². The van der Waals surface area contributed by atoms with Crippen LogP contribution in [0.4, 0.5) is 0 Å². The Balaban J connectivity index is 1.67. The summed E-state index contributed by atoms with van der Waals surface area (Å²) in [7, 11) is 0. The SMILES string of the molecule is NC(=O)C1CCN(Cc2scc3c2OCCO3)C1. The van der Waals surface area contributed by atoms with E-state index in [1.807, 2.05) is 5.38 Å². The minimum Gasteiger partial charge on any atom is -0.485 e. The number of ether oxygens (including phenoxy) is 2. The quantitative estimate of drug-likeness (QED) is 0.881. The molecule has 6 heteroatoms. The average Bonchev–Trinajstić information content (AvgIpc) is 2.98. The molecule has 2 N–H and O–H groups in total. The summed E-state index contributed by atoms with van der Waals surface area (Å²) in [4.78, 5) is 14.6. The molecule has 5 nitrogen and oxygen atoms in total. The Labute approximate surface area is 109 Å². The third kappa shape index (κ3) is 2.18. The molecule has 98 valence electrons. The summed E-state index contributed by atoms with van der Waals surface area (Å²) in [6.07, 6.45) is 0.861. The van der Waals surface area contributed by atoms with Gasteiger partial charge in [0.1, 0.15) is 13.2 Å². The third-order valence-corrected chi connectivity index (χ3v) is 4.35. The number of nitrogens with zero attached hydrogens (tertiary/aromatic N) is 1. The van der Waals surface area contributed by atoms with Gasteiger partial charge in [-0.1, -0.05) is 0 Å². The van der Waals surface area contributed by atoms with Gasteiger partial charge in [-0.25, -0.2) is 0 Å². The van der Waals surface area contributed by atoms with Crippen LogP contribution in [0.25, 0.3) is 0 Å². The molecular weight excluding hydrogens is 252 g/mol. The summed E-state index contributed by atoms with van der Waals surface area (Å²) in [6, 6.07) is 0. The lowest BCUT2D eigenvalue weighted by molar-refractivity contribution is -0.121. The van der Waals surface area contributed by atoms with Gasteiger partial charge in [-0.05, 0) is 13.0 Å². The number of amides is 1. The molecule has 2 aliphatic heterocycles. The van der Waals surface area contributed by atoms with Crippen LogP contribution < -0.4 is 15.2 Å². The second-order valence-electron chi connectivity index (χ2n) is 4.67. The number of fused-ring (bicyclic) bond motifs is 1. The zero-order valence-electron chi connectivity index (χ0n) is 10.1. The Morgan fingerprint density at radius 2 is 2.33 bits per heavy atom. The number of carbonyl (C=O) groups is 1. The zero-order valence-corrected chi connectivity index (χ0v) is 10.9. The topological polar surface area (TPSA) is 64.8 Å². The molecule has 0 aliphatic carbocycles. The van der Waals surface area contributed by atoms with Crippen molar-refractivity contribution in [3.05, 3.63) is 10.3 Å². The van der Waals surface area contributed by atoms with Gasteiger partial charge >= 0.3 is 0 Å². The van der Waals surface area contributed by atoms with Crippen LogP contribution in [0, 0.1) is 5.92 Å². The molecule has 2 aliphatic rings. The fourth-order valence-corrected chi connectivity index (χ4v) is 3.38. The van der Waals surface area contributed by atoms with Crippen LogP contribution >= 0.6 is 11.3 Å². The van der Waals surface area contributed by atoms with Crippen molar-refractivity contribution in [3.63, 3.8) is 0 Å². The fourth-order valence-electron chi connectivity index (χ4n) is 2.44. The van der Waals surface area contributed by atoms with Gasteiger partial charge < -0.3 is 15.2 Å². The minimum atomic E-state index is -0.190. The van der Waals surface area contributed by atoms with E-state index in [2.05, 4.69) is 4.90 Å². The van der Waals surface area contributed by atoms with Gasteiger partial charge in [-0.15, -0.1) is 11.3 Å². The molecule has 0 saturated carbocycles. The van der Waals surface area contributed by atoms with Crippen molar-refractivity contribution < 1.29 is 14.3 Å². The molecule has 1 aromatic heterocycles. The second-order valence-corrected chi connectivity index (χ2v) is 5.64. The van der Waals surface area contributed by atoms with Crippen molar-refractivity contribution >= 4 is 17.2 Å². The summed E-state index contributed by atoms with van der Waals surface area (Å²) in [5.41, 5.74) is 5.34. The maximum atomic E-state index is 11.1. The van der Waals surface area contributed by atoms with Crippen LogP contribution in [0.15, 0.2) is 5.38 Å². The molecule has 1 amide bonds. The van der Waals surface area contributed by atoms with E-state index in [0.29, 0.717) is 13.2 Å². The minimum absolute atomic E-state index is 0.00189. The number of hydrogen-bond acceptors (Lipinski definition) is 5. The van der Waals surface area contributed by atoms with Gasteiger partial charge in [0.05, 0.1) is 10.8 Å². The van der Waals surface area contributed by atoms with Crippen molar-refractivity contribution in [1.82, 2.24) is 4.90 Å². The van der Waals surface area contributed by atoms with Gasteiger partial charge in [0, 0.05) is 18.5 Å². The number of primary amides is 1. The summed E-state index contributed by atoms with van der Waals surface area (Å²) < 4.78 is 11.2. The van der Waals surface area contributed by atoms with Gasteiger partial charge in [0.2, 0.25) is 5.91 Å². The van der Waals surface area contributed by atoms with Gasteiger partial charge in [0.25, 0.3) is 0 Å². The molecule has 1 fully saturated rings. The van der Waals surface area contributed by atoms with E-state index in [1.165, 1.54) is 4.88 Å². The van der Waals surface area contributed by atoms with Crippen LogP contribution in [-0.4, -0.2) is 37.1 Å². The molecule has 0 radical (unpaired) electrons. The number of carbonyl (C=O) groups excluding carboxylic acids is 1. The van der Waals surface area contributed by atoms with Crippen molar-refractivity contribution in [2.24, 2.45) is 11.7 Å². The lowest BCUT2D eigenvalue weighted by Crippen LogP contribution is -2.27. The normalized spacial score (nSPS) is 23.2. The summed E-state index contributed by atoms with van der Waals surface area (Å²) >= 11 is 1.65. The Bertz CT molecular complexity index is 460. The highest BCUT2D eigenvalue weighted by Gasteiger charge is 2.28. The summed E-state index contributed by atoms with van der Waals surface area (Å²) in [5, 5.41) is 1.99. The van der Waals surface area contributed by atoms with E-state index in [-0.39, 0.29) is 11.8 Å². The maximum Gasteiger partial charge on any atom is 0.221 e. The predicted molar refractivity (Wildman–Crippen MR) is 67.9 cm³/mol. The molecule has 1 saturated heterocycles. The molecule has 0 spiro atoms. The molecule has 1 unspecified atom stereocenters. The first kappa shape index (κ1) is 11.8. The highest BCUT2D eigenvalue weighted by molar-refractivity contribution is 7.10. The van der Waals surface area contributed by atoms with E-state index >= 15 is 0 Å². The molecule has 0 bridgehead atoms. The number of rotatable bonds is 3. The maximum absolute atomic E-state index is 11.1. The van der Waals surface area contributed by atoms with Gasteiger partial charge in [-0.2, -0.15) is 0 Å². The van der Waals surface area contributed by atoms with Gasteiger partial charge in [-0.3, -0.25) is 9.69 Å². The van der Waals surface area contributed by atoms with Crippen molar-refractivity contribution in [3.8, 4) is 11.5 Å². The van der Waals surface area contributed by atoms with E-state index in [4.69, 9.17) is 15.2 Å². The summed E-state index contributed by atoms with van der Waals surface area (Å²) in [5.74, 6) is 1.55. The lowest BCUT2D eigenvalue weighted by atomic mass is 10.1. The molecule has 1 aromatic rings. The molecule has 3 heterocycles. The van der Waals surface area contributed by atoms with Crippen LogP contribution in [0.5, 0.6) is 11.5 Å². The summed E-state index contributed by atoms with van der Waals surface area (Å²) in [6.45, 7) is 3.72. The third-order valence-electron chi connectivity index (χ3n) is 3.41. The molecule has 0 aromatic carbocycles. The van der Waals surface area contributed by atoms with Crippen molar-refractivity contribution in [1.29, 1.82) is 0 Å². The highest BCUT2D eigenvalue weighted by Crippen LogP contribution is 2.40. The zero-order chi connectivity index (χ0) is 12.5. The first-order valence-corrected chi connectivity index (χ1v) is 6.99. The fraction of sp³-hybridized carbons (Fsp3) is 0.583. The monoisotopic (exact) mass is 268 g/mol. The second kappa shape index (κ2) is 4.78. The van der Waals surface area contributed by atoms with Crippen LogP contribution in [-0.2, 0) is 11.3 Å². The van der Waals surface area contributed by atoms with Crippen molar-refractivity contribution in [2.45, 2.75) is 13.0 Å². The number of nitrogens with two attached hydrogens (primary N) is 1. The lowest BCUT2D eigenvalue weighted by Gasteiger charge is -2.19. The standard InChI is InChI=1S/C12H16N2O3S/c13-12(15)8-1-2-14(5-8)6-10-11-9(7-18-10)16-3-4-17-11/h7-8H,1-6H2,(H2,13,15). The molecule has 3 rings (SSSR count). The molecule has 18 heavy (non-hydrogen) atoms. The number of thiophene rings is 1. The Morgan fingerprint density at radius 1 is 1.50 bits per heavy atom. The number of likely N-dealkylation sites (tertiary alicyclic amines) is 1. The van der Waals surface area contributed by atoms with E-state index in [1.54, 1.807) is 11.3 Å². The first-order valence-electron chi connectivity index (χ1n) is 6.11. The molecular formula is C12H16N2O3S. The van der Waals surface area contributed by atoms with Crippen LogP contribution in [0.1, 0.15) is 11.3 Å². The highest BCUT2D eigenvalue weighted by atomic mass is 32.1.